The first-order valence-electron chi connectivity index (χ1n) is 4.06. The largest absolute Gasteiger partial charge is 0.443 e. The number of hydrogen-bond donors (Lipinski definition) is 1. The van der Waals surface area contributed by atoms with Gasteiger partial charge in [-0.3, -0.25) is 5.43 Å². The second-order valence-corrected chi connectivity index (χ2v) is 3.63. The van der Waals surface area contributed by atoms with E-state index in [0.717, 1.165) is 6.54 Å². The van der Waals surface area contributed by atoms with Crippen LogP contribution in [0.4, 0.5) is 4.79 Å². The summed E-state index contributed by atoms with van der Waals surface area (Å²) >= 11 is 0. The number of hydrazine groups is 1. The van der Waals surface area contributed by atoms with Crippen LogP contribution < -0.4 is 5.43 Å². The molecule has 4 nitrogen and oxygen atoms in total. The van der Waals surface area contributed by atoms with Gasteiger partial charge in [0.15, 0.2) is 0 Å². The van der Waals surface area contributed by atoms with E-state index in [4.69, 9.17) is 4.74 Å². The fourth-order valence-electron chi connectivity index (χ4n) is 0.536. The third-order valence-corrected chi connectivity index (χ3v) is 1.16. The Balaban J connectivity index is 3.75. The molecule has 4 heteroatoms. The number of hydrogen-bond acceptors (Lipinski definition) is 3. The maximum Gasteiger partial charge on any atom is 0.422 e. The van der Waals surface area contributed by atoms with E-state index < -0.39 is 11.7 Å². The summed E-state index contributed by atoms with van der Waals surface area (Å²) < 4.78 is 5.02. The first-order chi connectivity index (χ1) is 5.35. The summed E-state index contributed by atoms with van der Waals surface area (Å²) in [5.41, 5.74) is 2.13. The lowest BCUT2D eigenvalue weighted by molar-refractivity contribution is 0.0375. The zero-order valence-electron chi connectivity index (χ0n) is 8.47. The Kier molecular flexibility index (Phi) is 4.03. The Morgan fingerprint density at radius 2 is 2.00 bits per heavy atom. The van der Waals surface area contributed by atoms with E-state index in [1.165, 1.54) is 0 Å². The minimum absolute atomic E-state index is 0.410. The summed E-state index contributed by atoms with van der Waals surface area (Å²) in [5, 5.41) is 1.66. The Hall–Kier alpha value is -0.770. The van der Waals surface area contributed by atoms with E-state index in [1.54, 1.807) is 12.1 Å². The second kappa shape index (κ2) is 4.30. The molecule has 0 radical (unpaired) electrons. The van der Waals surface area contributed by atoms with E-state index in [0.29, 0.717) is 0 Å². The summed E-state index contributed by atoms with van der Waals surface area (Å²) in [4.78, 5) is 11.1. The summed E-state index contributed by atoms with van der Waals surface area (Å²) in [6.45, 7) is 8.19. The Morgan fingerprint density at radius 3 is 2.33 bits per heavy atom. The molecule has 0 fully saturated rings. The lowest BCUT2D eigenvalue weighted by Crippen LogP contribution is -2.42. The quantitative estimate of drug-likeness (QED) is 0.643. The molecule has 72 valence electrons. The van der Waals surface area contributed by atoms with Gasteiger partial charge in [0.25, 0.3) is 0 Å². The maximum atomic E-state index is 11.1. The highest BCUT2D eigenvalue weighted by atomic mass is 16.6. The molecule has 0 aliphatic carbocycles. The molecule has 0 saturated carbocycles. The minimum atomic E-state index is -0.432. The molecule has 0 atom stereocenters. The van der Waals surface area contributed by atoms with Crippen molar-refractivity contribution in [1.82, 2.24) is 10.4 Å². The van der Waals surface area contributed by atoms with Crippen molar-refractivity contribution in [1.29, 1.82) is 0 Å². The molecule has 12 heavy (non-hydrogen) atoms. The molecule has 0 rings (SSSR count). The number of nitrogens with one attached hydrogen (secondary N) is 1. The molecular formula is C8H18N2O2. The van der Waals surface area contributed by atoms with Gasteiger partial charge >= 0.3 is 6.09 Å². The first-order valence-corrected chi connectivity index (χ1v) is 4.06. The molecule has 0 aromatic carbocycles. The van der Waals surface area contributed by atoms with Gasteiger partial charge in [-0.2, -0.15) is 0 Å². The van der Waals surface area contributed by atoms with Crippen molar-refractivity contribution >= 4 is 6.09 Å². The molecule has 0 saturated heterocycles. The van der Waals surface area contributed by atoms with Crippen LogP contribution in [0.3, 0.4) is 0 Å². The van der Waals surface area contributed by atoms with Crippen molar-refractivity contribution < 1.29 is 9.53 Å². The normalized spacial score (nSPS) is 11.5. The number of nitrogens with zero attached hydrogens (tertiary/aromatic N) is 1. The van der Waals surface area contributed by atoms with Gasteiger partial charge in [0, 0.05) is 13.6 Å². The zero-order valence-corrected chi connectivity index (χ0v) is 8.47. The molecule has 0 aliphatic heterocycles. The highest BCUT2D eigenvalue weighted by molar-refractivity contribution is 5.66. The molecule has 0 unspecified atom stereocenters. The van der Waals surface area contributed by atoms with Crippen LogP contribution in [-0.2, 0) is 4.74 Å². The molecule has 1 amide bonds. The van der Waals surface area contributed by atoms with Crippen LogP contribution in [-0.4, -0.2) is 30.3 Å². The second-order valence-electron chi connectivity index (χ2n) is 3.63. The Bertz CT molecular complexity index is 152. The number of amides is 1. The maximum absolute atomic E-state index is 11.1. The van der Waals surface area contributed by atoms with Crippen molar-refractivity contribution in [2.45, 2.75) is 33.3 Å². The Morgan fingerprint density at radius 1 is 1.50 bits per heavy atom. The molecule has 0 aromatic rings. The number of carbonyl (C=O) groups is 1. The average molecular weight is 174 g/mol. The van der Waals surface area contributed by atoms with Gasteiger partial charge in [-0.05, 0) is 20.8 Å². The molecule has 0 spiro atoms. The fourth-order valence-corrected chi connectivity index (χ4v) is 0.536. The van der Waals surface area contributed by atoms with Crippen molar-refractivity contribution in [3.8, 4) is 0 Å². The molecule has 0 heterocycles. The van der Waals surface area contributed by atoms with Crippen molar-refractivity contribution in [2.75, 3.05) is 13.6 Å². The molecule has 0 bridgehead atoms. The summed E-state index contributed by atoms with van der Waals surface area (Å²) in [5.74, 6) is 0. The third kappa shape index (κ3) is 5.97. The van der Waals surface area contributed by atoms with Crippen LogP contribution in [0.5, 0.6) is 0 Å². The van der Waals surface area contributed by atoms with Crippen molar-refractivity contribution in [3.63, 3.8) is 0 Å². The highest BCUT2D eigenvalue weighted by Crippen LogP contribution is 2.06. The molecule has 0 aliphatic rings. The standard InChI is InChI=1S/C8H18N2O2/c1-6-10(5)9-7(11)12-8(2,3)4/h6H2,1-5H3,(H,9,11). The van der Waals surface area contributed by atoms with E-state index in [9.17, 15) is 4.79 Å². The topological polar surface area (TPSA) is 41.6 Å². The lowest BCUT2D eigenvalue weighted by Gasteiger charge is -2.22. The van der Waals surface area contributed by atoms with Gasteiger partial charge < -0.3 is 4.74 Å². The molecule has 1 N–H and O–H groups in total. The predicted molar refractivity (Wildman–Crippen MR) is 47.7 cm³/mol. The van der Waals surface area contributed by atoms with Crippen LogP contribution >= 0.6 is 0 Å². The fraction of sp³-hybridized carbons (Fsp3) is 0.875. The van der Waals surface area contributed by atoms with E-state index in [2.05, 4.69) is 5.43 Å². The number of ether oxygens (including phenoxy) is 1. The van der Waals surface area contributed by atoms with E-state index >= 15 is 0 Å². The van der Waals surface area contributed by atoms with Gasteiger partial charge in [0.1, 0.15) is 5.60 Å². The van der Waals surface area contributed by atoms with Crippen LogP contribution in [0.2, 0.25) is 0 Å². The van der Waals surface area contributed by atoms with Gasteiger partial charge in [0.2, 0.25) is 0 Å². The zero-order chi connectivity index (χ0) is 9.78. The first kappa shape index (κ1) is 11.2. The number of rotatable bonds is 2. The van der Waals surface area contributed by atoms with Crippen LogP contribution in [0.25, 0.3) is 0 Å². The van der Waals surface area contributed by atoms with Crippen molar-refractivity contribution in [2.24, 2.45) is 0 Å². The average Bonchev–Trinajstić information content (AvgIpc) is 1.82. The van der Waals surface area contributed by atoms with Crippen LogP contribution in [0.15, 0.2) is 0 Å². The predicted octanol–water partition coefficient (Wildman–Crippen LogP) is 1.38. The van der Waals surface area contributed by atoms with Crippen molar-refractivity contribution in [3.05, 3.63) is 0 Å². The van der Waals surface area contributed by atoms with Gasteiger partial charge in [-0.1, -0.05) is 6.92 Å². The number of carbonyl (C=O) groups excluding carboxylic acids is 1. The highest BCUT2D eigenvalue weighted by Gasteiger charge is 2.16. The monoisotopic (exact) mass is 174 g/mol. The summed E-state index contributed by atoms with van der Waals surface area (Å²) in [7, 11) is 1.78. The van der Waals surface area contributed by atoms with Crippen LogP contribution in [0.1, 0.15) is 27.7 Å². The molecular weight excluding hydrogens is 156 g/mol. The Labute approximate surface area is 73.8 Å². The SMILES string of the molecule is CCN(C)NC(=O)OC(C)(C)C. The summed E-state index contributed by atoms with van der Waals surface area (Å²) in [6.07, 6.45) is -0.410. The van der Waals surface area contributed by atoms with Gasteiger partial charge in [0.05, 0.1) is 0 Å². The van der Waals surface area contributed by atoms with Crippen LogP contribution in [0, 0.1) is 0 Å². The van der Waals surface area contributed by atoms with Gasteiger partial charge in [-0.25, -0.2) is 9.80 Å². The molecule has 0 aromatic heterocycles. The minimum Gasteiger partial charge on any atom is -0.443 e. The lowest BCUT2D eigenvalue weighted by atomic mass is 10.2. The smallest absolute Gasteiger partial charge is 0.422 e. The van der Waals surface area contributed by atoms with Gasteiger partial charge in [-0.15, -0.1) is 0 Å². The van der Waals surface area contributed by atoms with E-state index in [-0.39, 0.29) is 0 Å². The summed E-state index contributed by atoms with van der Waals surface area (Å²) in [6, 6.07) is 0. The van der Waals surface area contributed by atoms with E-state index in [1.807, 2.05) is 27.7 Å². The third-order valence-electron chi connectivity index (χ3n) is 1.16.